The second kappa shape index (κ2) is 7.61. The summed E-state index contributed by atoms with van der Waals surface area (Å²) in [6, 6.07) is 1.81. The highest BCUT2D eigenvalue weighted by Crippen LogP contribution is 2.21. The van der Waals surface area contributed by atoms with Crippen LogP contribution in [-0.4, -0.2) is 48.8 Å². The Bertz CT molecular complexity index is 247. The summed E-state index contributed by atoms with van der Waals surface area (Å²) in [5.74, 6) is 0. The Morgan fingerprint density at radius 3 is 2.42 bits per heavy atom. The third kappa shape index (κ3) is 5.80. The van der Waals surface area contributed by atoms with Crippen molar-refractivity contribution >= 4 is 0 Å². The smallest absolute Gasteiger partial charge is 0.0637 e. The zero-order valence-corrected chi connectivity index (χ0v) is 13.8. The molecule has 0 radical (unpaired) electrons. The van der Waals surface area contributed by atoms with E-state index in [1.54, 1.807) is 0 Å². The van der Waals surface area contributed by atoms with Crippen LogP contribution in [0, 0.1) is 0 Å². The molecule has 2 unspecified atom stereocenters. The van der Waals surface area contributed by atoms with E-state index in [9.17, 15) is 0 Å². The number of hydrogen-bond acceptors (Lipinski definition) is 3. The molecule has 1 aliphatic rings. The first-order chi connectivity index (χ1) is 8.85. The van der Waals surface area contributed by atoms with Crippen LogP contribution in [0.3, 0.4) is 0 Å². The Hall–Kier alpha value is -0.120. The average molecular weight is 270 g/mol. The Labute approximate surface area is 120 Å². The van der Waals surface area contributed by atoms with Crippen LogP contribution < -0.4 is 5.32 Å². The van der Waals surface area contributed by atoms with Crippen molar-refractivity contribution in [3.05, 3.63) is 0 Å². The fourth-order valence-corrected chi connectivity index (χ4v) is 3.15. The van der Waals surface area contributed by atoms with Gasteiger partial charge in [-0.3, -0.25) is 4.90 Å². The van der Waals surface area contributed by atoms with E-state index >= 15 is 0 Å². The van der Waals surface area contributed by atoms with Gasteiger partial charge in [-0.1, -0.05) is 6.42 Å². The summed E-state index contributed by atoms with van der Waals surface area (Å²) in [6.45, 7) is 13.7. The van der Waals surface area contributed by atoms with E-state index < -0.39 is 0 Å². The highest BCUT2D eigenvalue weighted by molar-refractivity contribution is 4.84. The summed E-state index contributed by atoms with van der Waals surface area (Å²) in [5, 5.41) is 3.66. The van der Waals surface area contributed by atoms with E-state index in [1.807, 2.05) is 7.11 Å². The summed E-state index contributed by atoms with van der Waals surface area (Å²) >= 11 is 0. The monoisotopic (exact) mass is 270 g/mol. The predicted octanol–water partition coefficient (Wildman–Crippen LogP) is 3.04. The van der Waals surface area contributed by atoms with Gasteiger partial charge in [0.05, 0.1) is 5.60 Å². The lowest BCUT2D eigenvalue weighted by atomic mass is 9.96. The molecule has 0 amide bonds. The molecule has 0 aromatic rings. The second-order valence-corrected chi connectivity index (χ2v) is 6.95. The molecule has 3 nitrogen and oxygen atoms in total. The number of ether oxygens (including phenoxy) is 1. The molecule has 0 bridgehead atoms. The van der Waals surface area contributed by atoms with Crippen molar-refractivity contribution in [2.45, 2.75) is 84.0 Å². The largest absolute Gasteiger partial charge is 0.379 e. The van der Waals surface area contributed by atoms with E-state index in [0.29, 0.717) is 18.1 Å². The molecule has 0 aliphatic carbocycles. The van der Waals surface area contributed by atoms with Crippen molar-refractivity contribution in [1.82, 2.24) is 10.2 Å². The lowest BCUT2D eigenvalue weighted by Gasteiger charge is -2.39. The van der Waals surface area contributed by atoms with Crippen LogP contribution >= 0.6 is 0 Å². The Morgan fingerprint density at radius 1 is 1.26 bits per heavy atom. The molecule has 2 atom stereocenters. The molecule has 1 aliphatic heterocycles. The first kappa shape index (κ1) is 16.9. The number of nitrogens with one attached hydrogen (secondary N) is 1. The lowest BCUT2D eigenvalue weighted by molar-refractivity contribution is -0.0122. The van der Waals surface area contributed by atoms with Gasteiger partial charge in [0.2, 0.25) is 0 Å². The number of piperidine rings is 1. The Kier molecular flexibility index (Phi) is 6.78. The first-order valence-corrected chi connectivity index (χ1v) is 7.90. The summed E-state index contributed by atoms with van der Waals surface area (Å²) < 4.78 is 5.59. The summed E-state index contributed by atoms with van der Waals surface area (Å²) in [6.07, 6.45) is 5.12. The van der Waals surface area contributed by atoms with E-state index in [4.69, 9.17) is 4.74 Å². The molecule has 0 saturated carbocycles. The molecule has 1 saturated heterocycles. The van der Waals surface area contributed by atoms with E-state index in [2.05, 4.69) is 44.8 Å². The highest BCUT2D eigenvalue weighted by atomic mass is 16.5. The Balaban J connectivity index is 2.55. The van der Waals surface area contributed by atoms with Gasteiger partial charge in [-0.15, -0.1) is 0 Å². The van der Waals surface area contributed by atoms with Crippen molar-refractivity contribution in [3.63, 3.8) is 0 Å². The van der Waals surface area contributed by atoms with Gasteiger partial charge in [-0.25, -0.2) is 0 Å². The van der Waals surface area contributed by atoms with Crippen LogP contribution in [0.2, 0.25) is 0 Å². The fraction of sp³-hybridized carbons (Fsp3) is 1.00. The van der Waals surface area contributed by atoms with Crippen LogP contribution in [0.5, 0.6) is 0 Å². The first-order valence-electron chi connectivity index (χ1n) is 7.90. The minimum Gasteiger partial charge on any atom is -0.379 e. The number of methoxy groups -OCH3 is 1. The predicted molar refractivity (Wildman–Crippen MR) is 82.7 cm³/mol. The van der Waals surface area contributed by atoms with Gasteiger partial charge >= 0.3 is 0 Å². The molecule has 1 N–H and O–H groups in total. The minimum atomic E-state index is -0.0352. The van der Waals surface area contributed by atoms with E-state index in [0.717, 1.165) is 6.42 Å². The summed E-state index contributed by atoms with van der Waals surface area (Å²) in [7, 11) is 1.81. The van der Waals surface area contributed by atoms with Crippen LogP contribution in [0.15, 0.2) is 0 Å². The number of rotatable bonds is 7. The van der Waals surface area contributed by atoms with Crippen LogP contribution in [0.4, 0.5) is 0 Å². The number of nitrogens with zero attached hydrogens (tertiary/aromatic N) is 1. The standard InChI is InChI=1S/C16H34N2O/c1-13(2)18(12-15-9-7-8-10-17-15)14(3)11-16(4,5)19-6/h13-15,17H,7-12H2,1-6H3. The normalized spacial score (nSPS) is 23.1. The van der Waals surface area contributed by atoms with Gasteiger partial charge in [0.25, 0.3) is 0 Å². The van der Waals surface area contributed by atoms with Crippen LogP contribution in [0.1, 0.15) is 60.3 Å². The van der Waals surface area contributed by atoms with Crippen molar-refractivity contribution in [3.8, 4) is 0 Å². The maximum absolute atomic E-state index is 5.59. The molecule has 0 aromatic carbocycles. The SMILES string of the molecule is COC(C)(C)CC(C)N(CC1CCCCN1)C(C)C. The molecule has 1 heterocycles. The molecule has 19 heavy (non-hydrogen) atoms. The van der Waals surface area contributed by atoms with Crippen molar-refractivity contribution in [1.29, 1.82) is 0 Å². The Morgan fingerprint density at radius 2 is 1.95 bits per heavy atom. The maximum atomic E-state index is 5.59. The second-order valence-electron chi connectivity index (χ2n) is 6.95. The number of hydrogen-bond donors (Lipinski definition) is 1. The molecule has 114 valence electrons. The van der Waals surface area contributed by atoms with E-state index in [-0.39, 0.29) is 5.60 Å². The highest BCUT2D eigenvalue weighted by Gasteiger charge is 2.27. The van der Waals surface area contributed by atoms with Crippen molar-refractivity contribution in [2.75, 3.05) is 20.2 Å². The third-order valence-electron chi connectivity index (χ3n) is 4.41. The van der Waals surface area contributed by atoms with Gasteiger partial charge in [-0.2, -0.15) is 0 Å². The molecule has 1 fully saturated rings. The topological polar surface area (TPSA) is 24.5 Å². The van der Waals surface area contributed by atoms with Crippen LogP contribution in [-0.2, 0) is 4.74 Å². The lowest BCUT2D eigenvalue weighted by Crippen LogP contribution is -2.50. The molecule has 0 spiro atoms. The average Bonchev–Trinajstić information content (AvgIpc) is 2.36. The van der Waals surface area contributed by atoms with Gasteiger partial charge in [0.15, 0.2) is 0 Å². The summed E-state index contributed by atoms with van der Waals surface area (Å²) in [5.41, 5.74) is -0.0352. The van der Waals surface area contributed by atoms with Gasteiger partial charge in [-0.05, 0) is 60.4 Å². The third-order valence-corrected chi connectivity index (χ3v) is 4.41. The van der Waals surface area contributed by atoms with E-state index in [1.165, 1.54) is 32.4 Å². The quantitative estimate of drug-likeness (QED) is 0.769. The molecular formula is C16H34N2O. The minimum absolute atomic E-state index is 0.0352. The maximum Gasteiger partial charge on any atom is 0.0637 e. The molecular weight excluding hydrogens is 236 g/mol. The summed E-state index contributed by atoms with van der Waals surface area (Å²) in [4.78, 5) is 2.63. The van der Waals surface area contributed by atoms with Gasteiger partial charge in [0.1, 0.15) is 0 Å². The van der Waals surface area contributed by atoms with Gasteiger partial charge < -0.3 is 10.1 Å². The molecule has 3 heteroatoms. The molecule has 1 rings (SSSR count). The van der Waals surface area contributed by atoms with Crippen molar-refractivity contribution in [2.24, 2.45) is 0 Å². The fourth-order valence-electron chi connectivity index (χ4n) is 3.15. The van der Waals surface area contributed by atoms with Crippen molar-refractivity contribution < 1.29 is 4.74 Å². The van der Waals surface area contributed by atoms with Crippen LogP contribution in [0.25, 0.3) is 0 Å². The van der Waals surface area contributed by atoms with Gasteiger partial charge in [0, 0.05) is 31.8 Å². The molecule has 0 aromatic heterocycles. The zero-order valence-electron chi connectivity index (χ0n) is 13.8. The zero-order chi connectivity index (χ0) is 14.5.